The smallest absolute Gasteiger partial charge is 0.314 e. The Kier molecular flexibility index (Phi) is 5.59. The van der Waals surface area contributed by atoms with Crippen LogP contribution in [0.2, 0.25) is 0 Å². The predicted molar refractivity (Wildman–Crippen MR) is 59.3 cm³/mol. The molecule has 0 aromatic carbocycles. The van der Waals surface area contributed by atoms with Crippen molar-refractivity contribution < 1.29 is 13.2 Å². The van der Waals surface area contributed by atoms with Gasteiger partial charge in [0.2, 0.25) is 0 Å². The van der Waals surface area contributed by atoms with Crippen molar-refractivity contribution >= 4 is 0 Å². The van der Waals surface area contributed by atoms with Gasteiger partial charge in [0, 0.05) is 12.5 Å². The van der Waals surface area contributed by atoms with Crippen molar-refractivity contribution in [1.29, 1.82) is 0 Å². The Morgan fingerprint density at radius 2 is 1.94 bits per heavy atom. The van der Waals surface area contributed by atoms with Crippen LogP contribution in [-0.2, 0) is 0 Å². The van der Waals surface area contributed by atoms with Gasteiger partial charge in [-0.3, -0.25) is 0 Å². The third-order valence-electron chi connectivity index (χ3n) is 3.29. The molecule has 1 fully saturated rings. The van der Waals surface area contributed by atoms with Crippen molar-refractivity contribution in [2.24, 2.45) is 5.92 Å². The fourth-order valence-corrected chi connectivity index (χ4v) is 2.11. The molecule has 1 nitrogen and oxygen atoms in total. The first-order valence-corrected chi connectivity index (χ1v) is 6.27. The van der Waals surface area contributed by atoms with Crippen LogP contribution in [0, 0.1) is 5.92 Å². The lowest BCUT2D eigenvalue weighted by molar-refractivity contribution is -0.135. The van der Waals surface area contributed by atoms with Gasteiger partial charge < -0.3 is 5.32 Å². The van der Waals surface area contributed by atoms with E-state index in [9.17, 15) is 13.2 Å². The average Bonchev–Trinajstić information content (AvgIpc) is 2.09. The number of rotatable bonds is 7. The van der Waals surface area contributed by atoms with E-state index in [2.05, 4.69) is 12.2 Å². The number of nitrogens with one attached hydrogen (secondary N) is 1. The van der Waals surface area contributed by atoms with Gasteiger partial charge in [-0.15, -0.1) is 0 Å². The van der Waals surface area contributed by atoms with Crippen molar-refractivity contribution in [3.05, 3.63) is 0 Å². The molecule has 1 aliphatic carbocycles. The van der Waals surface area contributed by atoms with Gasteiger partial charge >= 0.3 is 6.18 Å². The van der Waals surface area contributed by atoms with Crippen molar-refractivity contribution in [2.45, 2.75) is 64.1 Å². The summed E-state index contributed by atoms with van der Waals surface area (Å²) in [5, 5.41) is 3.30. The first kappa shape index (κ1) is 13.8. The van der Waals surface area contributed by atoms with Crippen LogP contribution in [0.25, 0.3) is 0 Å². The third kappa shape index (κ3) is 6.36. The minimum absolute atomic E-state index is 0.243. The summed E-state index contributed by atoms with van der Waals surface area (Å²) in [6, 6.07) is 0.455. The van der Waals surface area contributed by atoms with Gasteiger partial charge in [-0.1, -0.05) is 19.3 Å². The lowest BCUT2D eigenvalue weighted by Gasteiger charge is -2.28. The molecule has 0 saturated heterocycles. The molecule has 1 N–H and O–H groups in total. The van der Waals surface area contributed by atoms with E-state index in [4.69, 9.17) is 0 Å². The van der Waals surface area contributed by atoms with E-state index < -0.39 is 12.6 Å². The number of alkyl halides is 3. The van der Waals surface area contributed by atoms with Crippen LogP contribution in [0.1, 0.15) is 51.9 Å². The van der Waals surface area contributed by atoms with E-state index in [-0.39, 0.29) is 6.42 Å². The highest BCUT2D eigenvalue weighted by molar-refractivity contribution is 4.74. The van der Waals surface area contributed by atoms with Crippen LogP contribution < -0.4 is 5.32 Å². The number of halogens is 3. The Hall–Kier alpha value is -0.250. The Balaban J connectivity index is 1.89. The van der Waals surface area contributed by atoms with Gasteiger partial charge in [-0.25, -0.2) is 0 Å². The van der Waals surface area contributed by atoms with Crippen LogP contribution >= 0.6 is 0 Å². The second-order valence-corrected chi connectivity index (χ2v) is 4.96. The molecule has 1 saturated carbocycles. The standard InChI is InChI=1S/C12H22F3N/c1-10(9-11-5-4-6-11)16-8-3-2-7-12(13,14)15/h10-11,16H,2-9H2,1H3. The van der Waals surface area contributed by atoms with E-state index >= 15 is 0 Å². The first-order valence-electron chi connectivity index (χ1n) is 6.27. The molecule has 0 spiro atoms. The zero-order chi connectivity index (χ0) is 12.0. The van der Waals surface area contributed by atoms with E-state index in [0.29, 0.717) is 19.0 Å². The van der Waals surface area contributed by atoms with Crippen LogP contribution in [-0.4, -0.2) is 18.8 Å². The van der Waals surface area contributed by atoms with Gasteiger partial charge in [0.15, 0.2) is 0 Å². The van der Waals surface area contributed by atoms with Crippen molar-refractivity contribution in [3.8, 4) is 0 Å². The highest BCUT2D eigenvalue weighted by Gasteiger charge is 2.25. The molecule has 0 radical (unpaired) electrons. The summed E-state index contributed by atoms with van der Waals surface area (Å²) in [5.41, 5.74) is 0. The summed E-state index contributed by atoms with van der Waals surface area (Å²) in [6.45, 7) is 2.84. The molecule has 0 heterocycles. The van der Waals surface area contributed by atoms with Gasteiger partial charge in [-0.2, -0.15) is 13.2 Å². The van der Waals surface area contributed by atoms with E-state index in [1.54, 1.807) is 0 Å². The van der Waals surface area contributed by atoms with Crippen LogP contribution in [0.3, 0.4) is 0 Å². The van der Waals surface area contributed by atoms with Crippen molar-refractivity contribution in [3.63, 3.8) is 0 Å². The predicted octanol–water partition coefficient (Wildman–Crippen LogP) is 3.89. The van der Waals surface area contributed by atoms with Crippen LogP contribution in [0.4, 0.5) is 13.2 Å². The summed E-state index contributed by atoms with van der Waals surface area (Å²) in [5.74, 6) is 0.859. The van der Waals surface area contributed by atoms with Gasteiger partial charge in [0.25, 0.3) is 0 Å². The fourth-order valence-electron chi connectivity index (χ4n) is 2.11. The quantitative estimate of drug-likeness (QED) is 0.662. The van der Waals surface area contributed by atoms with Gasteiger partial charge in [0.05, 0.1) is 0 Å². The molecule has 16 heavy (non-hydrogen) atoms. The largest absolute Gasteiger partial charge is 0.389 e. The molecule has 96 valence electrons. The maximum atomic E-state index is 11.8. The van der Waals surface area contributed by atoms with Crippen molar-refractivity contribution in [1.82, 2.24) is 5.32 Å². The van der Waals surface area contributed by atoms with E-state index in [0.717, 1.165) is 5.92 Å². The monoisotopic (exact) mass is 237 g/mol. The fraction of sp³-hybridized carbons (Fsp3) is 1.00. The molecule has 0 amide bonds. The molecule has 1 aliphatic rings. The molecule has 0 aliphatic heterocycles. The Morgan fingerprint density at radius 3 is 2.44 bits per heavy atom. The molecule has 1 unspecified atom stereocenters. The first-order chi connectivity index (χ1) is 7.47. The van der Waals surface area contributed by atoms with E-state index in [1.807, 2.05) is 0 Å². The second kappa shape index (κ2) is 6.48. The van der Waals surface area contributed by atoms with Gasteiger partial charge in [-0.05, 0) is 38.6 Å². The number of unbranched alkanes of at least 4 members (excludes halogenated alkanes) is 1. The van der Waals surface area contributed by atoms with Crippen LogP contribution in [0.5, 0.6) is 0 Å². The molecule has 0 aromatic rings. The molecule has 0 bridgehead atoms. The summed E-state index contributed by atoms with van der Waals surface area (Å²) in [4.78, 5) is 0. The van der Waals surface area contributed by atoms with Crippen molar-refractivity contribution in [2.75, 3.05) is 6.54 Å². The maximum absolute atomic E-state index is 11.8. The summed E-state index contributed by atoms with van der Waals surface area (Å²) in [7, 11) is 0. The molecule has 4 heteroatoms. The number of hydrogen-bond donors (Lipinski definition) is 1. The van der Waals surface area contributed by atoms with E-state index in [1.165, 1.54) is 25.7 Å². The molecular formula is C12H22F3N. The van der Waals surface area contributed by atoms with Crippen LogP contribution in [0.15, 0.2) is 0 Å². The summed E-state index contributed by atoms with van der Waals surface area (Å²) < 4.78 is 35.5. The molecule has 1 rings (SSSR count). The normalized spacial score (nSPS) is 19.5. The molecule has 0 aromatic heterocycles. The summed E-state index contributed by atoms with van der Waals surface area (Å²) in [6.07, 6.45) is 1.42. The zero-order valence-corrected chi connectivity index (χ0v) is 9.95. The zero-order valence-electron chi connectivity index (χ0n) is 9.95. The average molecular weight is 237 g/mol. The lowest BCUT2D eigenvalue weighted by atomic mass is 9.81. The Labute approximate surface area is 95.8 Å². The lowest BCUT2D eigenvalue weighted by Crippen LogP contribution is -2.31. The summed E-state index contributed by atoms with van der Waals surface area (Å²) >= 11 is 0. The number of hydrogen-bond acceptors (Lipinski definition) is 1. The topological polar surface area (TPSA) is 12.0 Å². The molecule has 1 atom stereocenters. The minimum Gasteiger partial charge on any atom is -0.314 e. The Bertz CT molecular complexity index is 187. The molecular weight excluding hydrogens is 215 g/mol. The highest BCUT2D eigenvalue weighted by atomic mass is 19.4. The minimum atomic E-state index is -3.99. The second-order valence-electron chi connectivity index (χ2n) is 4.96. The SMILES string of the molecule is CC(CC1CCC1)NCCCCC(F)(F)F. The maximum Gasteiger partial charge on any atom is 0.389 e. The highest BCUT2D eigenvalue weighted by Crippen LogP contribution is 2.30. The van der Waals surface area contributed by atoms with Gasteiger partial charge in [0.1, 0.15) is 0 Å². The third-order valence-corrected chi connectivity index (χ3v) is 3.29. The Morgan fingerprint density at radius 1 is 1.25 bits per heavy atom.